The number of benzene rings is 7. The standard InChI is InChI=1S/C41H26N2O2/c1-2-8-27(9-3-1)29-14-18-32(19-15-29)43(33-20-16-28-10-4-5-11-30(28)24-33)34-21-23-38-36(26-34)35-22-17-31(25-40(35)44-38)41-42-37-12-6-7-13-39(37)45-41/h1-26H. The molecule has 0 aliphatic rings. The van der Waals surface area contributed by atoms with E-state index in [-0.39, 0.29) is 0 Å². The summed E-state index contributed by atoms with van der Waals surface area (Å²) in [6.45, 7) is 0. The van der Waals surface area contributed by atoms with Crippen molar-refractivity contribution in [3.8, 4) is 22.6 Å². The number of nitrogens with zero attached hydrogens (tertiary/aromatic N) is 2. The second-order valence-corrected chi connectivity index (χ2v) is 11.3. The molecule has 9 aromatic rings. The number of hydrogen-bond acceptors (Lipinski definition) is 4. The number of oxazole rings is 1. The van der Waals surface area contributed by atoms with Crippen LogP contribution >= 0.6 is 0 Å². The quantitative estimate of drug-likeness (QED) is 0.204. The molecule has 2 heterocycles. The number of para-hydroxylation sites is 2. The lowest BCUT2D eigenvalue weighted by atomic mass is 10.0. The molecule has 7 aromatic carbocycles. The Morgan fingerprint density at radius 1 is 0.400 bits per heavy atom. The minimum atomic E-state index is 0.584. The Balaban J connectivity index is 1.17. The number of anilines is 3. The van der Waals surface area contributed by atoms with Gasteiger partial charge >= 0.3 is 0 Å². The fourth-order valence-electron chi connectivity index (χ4n) is 6.23. The third-order valence-electron chi connectivity index (χ3n) is 8.48. The zero-order valence-corrected chi connectivity index (χ0v) is 24.2. The number of fused-ring (bicyclic) bond motifs is 5. The molecule has 0 bridgehead atoms. The van der Waals surface area contributed by atoms with Crippen LogP contribution in [0, 0.1) is 0 Å². The van der Waals surface area contributed by atoms with Crippen molar-refractivity contribution < 1.29 is 8.83 Å². The largest absolute Gasteiger partial charge is 0.456 e. The minimum Gasteiger partial charge on any atom is -0.456 e. The summed E-state index contributed by atoms with van der Waals surface area (Å²) in [5.41, 5.74) is 9.73. The van der Waals surface area contributed by atoms with Gasteiger partial charge in [-0.1, -0.05) is 84.9 Å². The van der Waals surface area contributed by atoms with Gasteiger partial charge in [0.1, 0.15) is 16.7 Å². The second-order valence-electron chi connectivity index (χ2n) is 11.3. The smallest absolute Gasteiger partial charge is 0.227 e. The van der Waals surface area contributed by atoms with Gasteiger partial charge in [0.25, 0.3) is 0 Å². The monoisotopic (exact) mass is 578 g/mol. The topological polar surface area (TPSA) is 42.4 Å². The summed E-state index contributed by atoms with van der Waals surface area (Å²) in [6.07, 6.45) is 0. The van der Waals surface area contributed by atoms with Crippen LogP contribution in [-0.2, 0) is 0 Å². The van der Waals surface area contributed by atoms with Gasteiger partial charge in [0.05, 0.1) is 0 Å². The van der Waals surface area contributed by atoms with Gasteiger partial charge in [0.15, 0.2) is 5.58 Å². The van der Waals surface area contributed by atoms with Gasteiger partial charge in [0.2, 0.25) is 5.89 Å². The molecule has 0 unspecified atom stereocenters. The van der Waals surface area contributed by atoms with E-state index in [0.29, 0.717) is 5.89 Å². The molecule has 0 aliphatic heterocycles. The van der Waals surface area contributed by atoms with Crippen LogP contribution in [0.15, 0.2) is 167 Å². The highest BCUT2D eigenvalue weighted by atomic mass is 16.3. The number of rotatable bonds is 5. The Labute approximate surface area is 259 Å². The van der Waals surface area contributed by atoms with Gasteiger partial charge in [-0.15, -0.1) is 0 Å². The molecular formula is C41H26N2O2. The molecule has 9 rings (SSSR count). The number of furan rings is 1. The van der Waals surface area contributed by atoms with E-state index in [1.54, 1.807) is 0 Å². The van der Waals surface area contributed by atoms with Crippen molar-refractivity contribution in [2.24, 2.45) is 0 Å². The Hall–Kier alpha value is -6.13. The molecule has 0 saturated carbocycles. The van der Waals surface area contributed by atoms with Crippen molar-refractivity contribution in [2.45, 2.75) is 0 Å². The van der Waals surface area contributed by atoms with Crippen molar-refractivity contribution in [1.82, 2.24) is 4.98 Å². The van der Waals surface area contributed by atoms with Gasteiger partial charge in [-0.3, -0.25) is 0 Å². The summed E-state index contributed by atoms with van der Waals surface area (Å²) < 4.78 is 12.4. The molecule has 0 N–H and O–H groups in total. The lowest BCUT2D eigenvalue weighted by Crippen LogP contribution is -2.09. The van der Waals surface area contributed by atoms with Crippen LogP contribution in [0.3, 0.4) is 0 Å². The van der Waals surface area contributed by atoms with Crippen LogP contribution in [0.5, 0.6) is 0 Å². The average Bonchev–Trinajstić information content (AvgIpc) is 3.70. The van der Waals surface area contributed by atoms with Crippen LogP contribution in [0.2, 0.25) is 0 Å². The Bertz CT molecular complexity index is 2460. The molecule has 0 amide bonds. The van der Waals surface area contributed by atoms with E-state index in [2.05, 4.69) is 131 Å². The Morgan fingerprint density at radius 2 is 1.09 bits per heavy atom. The summed E-state index contributed by atoms with van der Waals surface area (Å²) in [6, 6.07) is 54.8. The first kappa shape index (κ1) is 25.4. The maximum atomic E-state index is 6.37. The van der Waals surface area contributed by atoms with Crippen molar-refractivity contribution in [1.29, 1.82) is 0 Å². The molecule has 0 fully saturated rings. The average molecular weight is 579 g/mol. The summed E-state index contributed by atoms with van der Waals surface area (Å²) in [5, 5.41) is 4.51. The van der Waals surface area contributed by atoms with Crippen LogP contribution in [-0.4, -0.2) is 4.98 Å². The number of aromatic nitrogens is 1. The predicted molar refractivity (Wildman–Crippen MR) is 184 cm³/mol. The molecule has 2 aromatic heterocycles. The van der Waals surface area contributed by atoms with E-state index >= 15 is 0 Å². The molecule has 0 atom stereocenters. The molecule has 4 heteroatoms. The lowest BCUT2D eigenvalue weighted by Gasteiger charge is -2.26. The highest BCUT2D eigenvalue weighted by molar-refractivity contribution is 6.07. The van der Waals surface area contributed by atoms with Gasteiger partial charge < -0.3 is 13.7 Å². The molecule has 0 radical (unpaired) electrons. The molecule has 45 heavy (non-hydrogen) atoms. The first-order valence-corrected chi connectivity index (χ1v) is 15.0. The van der Waals surface area contributed by atoms with E-state index in [0.717, 1.165) is 55.7 Å². The van der Waals surface area contributed by atoms with Crippen molar-refractivity contribution in [3.63, 3.8) is 0 Å². The fraction of sp³-hybridized carbons (Fsp3) is 0. The van der Waals surface area contributed by atoms with Gasteiger partial charge in [0, 0.05) is 33.4 Å². The highest BCUT2D eigenvalue weighted by Crippen LogP contribution is 2.41. The minimum absolute atomic E-state index is 0.584. The van der Waals surface area contributed by atoms with E-state index in [1.807, 2.05) is 36.4 Å². The van der Waals surface area contributed by atoms with Crippen molar-refractivity contribution >= 4 is 60.9 Å². The van der Waals surface area contributed by atoms with Crippen LogP contribution in [0.4, 0.5) is 17.1 Å². The first-order chi connectivity index (χ1) is 22.3. The van der Waals surface area contributed by atoms with Crippen LogP contribution in [0.25, 0.3) is 66.4 Å². The first-order valence-electron chi connectivity index (χ1n) is 15.0. The van der Waals surface area contributed by atoms with Crippen LogP contribution < -0.4 is 4.90 Å². The third-order valence-corrected chi connectivity index (χ3v) is 8.48. The molecule has 4 nitrogen and oxygen atoms in total. The van der Waals surface area contributed by atoms with E-state index in [9.17, 15) is 0 Å². The third kappa shape index (κ3) is 4.43. The maximum Gasteiger partial charge on any atom is 0.227 e. The van der Waals surface area contributed by atoms with Crippen molar-refractivity contribution in [2.75, 3.05) is 4.90 Å². The zero-order valence-electron chi connectivity index (χ0n) is 24.2. The fourth-order valence-corrected chi connectivity index (χ4v) is 6.23. The Kier molecular flexibility index (Phi) is 5.78. The summed E-state index contributed by atoms with van der Waals surface area (Å²) in [7, 11) is 0. The highest BCUT2D eigenvalue weighted by Gasteiger charge is 2.17. The molecule has 0 spiro atoms. The lowest BCUT2D eigenvalue weighted by molar-refractivity contribution is 0.619. The maximum absolute atomic E-state index is 6.37. The summed E-state index contributed by atoms with van der Waals surface area (Å²) in [4.78, 5) is 6.99. The predicted octanol–water partition coefficient (Wildman–Crippen LogP) is 11.7. The second kappa shape index (κ2) is 10.2. The van der Waals surface area contributed by atoms with Crippen LogP contribution in [0.1, 0.15) is 0 Å². The molecule has 0 saturated heterocycles. The van der Waals surface area contributed by atoms with E-state index in [1.165, 1.54) is 21.9 Å². The van der Waals surface area contributed by atoms with E-state index < -0.39 is 0 Å². The van der Waals surface area contributed by atoms with Crippen molar-refractivity contribution in [3.05, 3.63) is 158 Å². The molecule has 212 valence electrons. The zero-order chi connectivity index (χ0) is 29.7. The summed E-state index contributed by atoms with van der Waals surface area (Å²) in [5.74, 6) is 0.584. The van der Waals surface area contributed by atoms with E-state index in [4.69, 9.17) is 8.83 Å². The normalized spacial score (nSPS) is 11.6. The molecular weight excluding hydrogens is 552 g/mol. The SMILES string of the molecule is c1ccc(-c2ccc(N(c3ccc4ccccc4c3)c3ccc4oc5cc(-c6nc7ccccc7o6)ccc5c4c3)cc2)cc1. The van der Waals surface area contributed by atoms with Gasteiger partial charge in [-0.2, -0.15) is 0 Å². The molecule has 0 aliphatic carbocycles. The number of hydrogen-bond donors (Lipinski definition) is 0. The van der Waals surface area contributed by atoms with Gasteiger partial charge in [-0.25, -0.2) is 4.98 Å². The van der Waals surface area contributed by atoms with Gasteiger partial charge in [-0.05, 0) is 94.7 Å². The Morgan fingerprint density at radius 3 is 1.96 bits per heavy atom. The summed E-state index contributed by atoms with van der Waals surface area (Å²) >= 11 is 0.